The lowest BCUT2D eigenvalue weighted by atomic mass is 10.1. The lowest BCUT2D eigenvalue weighted by Crippen LogP contribution is -2.28. The van der Waals surface area contributed by atoms with E-state index in [-0.39, 0.29) is 11.7 Å². The topological polar surface area (TPSA) is 51.1 Å². The summed E-state index contributed by atoms with van der Waals surface area (Å²) in [7, 11) is 1.58. The minimum Gasteiger partial charge on any atom is -0.493 e. The first kappa shape index (κ1) is 24.0. The normalized spacial score (nSPS) is 15.9. The Hall–Kier alpha value is -3.10. The molecule has 8 heteroatoms. The fraction of sp³-hybridized carbons (Fsp3) is 0.154. The maximum absolute atomic E-state index is 13.2. The van der Waals surface area contributed by atoms with Crippen molar-refractivity contribution in [3.63, 3.8) is 0 Å². The second kappa shape index (κ2) is 10.9. The average Bonchev–Trinajstić information content (AvgIpc) is 3.13. The van der Waals surface area contributed by atoms with E-state index in [2.05, 4.69) is 20.9 Å². The van der Waals surface area contributed by atoms with E-state index in [1.165, 1.54) is 23.9 Å². The van der Waals surface area contributed by atoms with Crippen molar-refractivity contribution >= 4 is 50.5 Å². The van der Waals surface area contributed by atoms with Gasteiger partial charge in [-0.25, -0.2) is 9.38 Å². The number of benzene rings is 3. The van der Waals surface area contributed by atoms with Crippen LogP contribution in [0, 0.1) is 5.82 Å². The second-order valence-electron chi connectivity index (χ2n) is 7.34. The van der Waals surface area contributed by atoms with Crippen LogP contribution in [0.1, 0.15) is 18.1 Å². The summed E-state index contributed by atoms with van der Waals surface area (Å²) in [5.74, 6) is 0.684. The van der Waals surface area contributed by atoms with Crippen LogP contribution >= 0.6 is 27.7 Å². The molecule has 4 rings (SSSR count). The molecule has 1 aliphatic heterocycles. The number of thioether (sulfide) groups is 1. The van der Waals surface area contributed by atoms with Gasteiger partial charge in [0.25, 0.3) is 5.91 Å². The van der Waals surface area contributed by atoms with Gasteiger partial charge >= 0.3 is 0 Å². The van der Waals surface area contributed by atoms with E-state index in [0.29, 0.717) is 40.4 Å². The van der Waals surface area contributed by atoms with Gasteiger partial charge in [0.05, 0.1) is 22.2 Å². The number of nitrogens with zero attached hydrogens (tertiary/aromatic N) is 2. The minimum atomic E-state index is -0.331. The highest BCUT2D eigenvalue weighted by molar-refractivity contribution is 9.10. The van der Waals surface area contributed by atoms with E-state index in [9.17, 15) is 9.18 Å². The number of carbonyl (C=O) groups excluding carboxylic acids is 1. The van der Waals surface area contributed by atoms with E-state index < -0.39 is 0 Å². The number of rotatable bonds is 7. The molecule has 0 spiro atoms. The third kappa shape index (κ3) is 5.51. The van der Waals surface area contributed by atoms with Gasteiger partial charge in [-0.15, -0.1) is 0 Å². The van der Waals surface area contributed by atoms with Crippen LogP contribution in [0.4, 0.5) is 10.1 Å². The number of hydrogen-bond acceptors (Lipinski definition) is 5. The monoisotopic (exact) mass is 540 g/mol. The third-order valence-electron chi connectivity index (χ3n) is 5.03. The van der Waals surface area contributed by atoms with Crippen LogP contribution in [0.2, 0.25) is 0 Å². The minimum absolute atomic E-state index is 0.132. The number of aliphatic imine (C=N–C) groups is 1. The van der Waals surface area contributed by atoms with E-state index in [4.69, 9.17) is 9.47 Å². The zero-order valence-electron chi connectivity index (χ0n) is 18.6. The summed E-state index contributed by atoms with van der Waals surface area (Å²) in [5, 5.41) is 0.555. The highest BCUT2D eigenvalue weighted by atomic mass is 79.9. The molecule has 174 valence electrons. The molecule has 0 bridgehead atoms. The zero-order chi connectivity index (χ0) is 24.1. The molecule has 3 aromatic rings. The first-order valence-electron chi connectivity index (χ1n) is 10.6. The molecule has 0 N–H and O–H groups in total. The van der Waals surface area contributed by atoms with Crippen molar-refractivity contribution in [3.05, 3.63) is 93.1 Å². The van der Waals surface area contributed by atoms with Crippen LogP contribution < -0.4 is 9.47 Å². The Kier molecular flexibility index (Phi) is 7.70. The summed E-state index contributed by atoms with van der Waals surface area (Å²) in [6.07, 6.45) is 1.80. The van der Waals surface area contributed by atoms with Crippen LogP contribution in [0.5, 0.6) is 11.5 Å². The quantitative estimate of drug-likeness (QED) is 0.309. The predicted octanol–water partition coefficient (Wildman–Crippen LogP) is 6.80. The maximum atomic E-state index is 13.2. The largest absolute Gasteiger partial charge is 0.493 e. The SMILES string of the molecule is CCN1C(=O)/C(=C\c2cc(Br)c(OCc3ccccc3)c(OC)c2)SC1=Nc1ccc(F)cc1. The molecule has 0 saturated carbocycles. The molecule has 0 radical (unpaired) electrons. The molecule has 0 aliphatic carbocycles. The van der Waals surface area contributed by atoms with Crippen LogP contribution in [0.15, 0.2) is 81.1 Å². The standard InChI is InChI=1S/C26H22BrFN2O3S/c1-3-30-25(31)23(34-26(30)29-20-11-9-19(28)10-12-20)15-18-13-21(27)24(22(14-18)32-2)33-16-17-7-5-4-6-8-17/h4-15H,3,16H2,1-2H3/b23-15+,29-26?. The van der Waals surface area contributed by atoms with Gasteiger partial charge in [0.1, 0.15) is 12.4 Å². The summed E-state index contributed by atoms with van der Waals surface area (Å²) in [4.78, 5) is 19.7. The van der Waals surface area contributed by atoms with Crippen molar-refractivity contribution < 1.29 is 18.7 Å². The Morgan fingerprint density at radius 2 is 1.85 bits per heavy atom. The van der Waals surface area contributed by atoms with Crippen molar-refractivity contribution in [2.45, 2.75) is 13.5 Å². The van der Waals surface area contributed by atoms with Gasteiger partial charge in [0, 0.05) is 6.54 Å². The Labute approximate surface area is 210 Å². The number of hydrogen-bond donors (Lipinski definition) is 0. The Bertz CT molecular complexity index is 1250. The second-order valence-corrected chi connectivity index (χ2v) is 9.20. The van der Waals surface area contributed by atoms with E-state index >= 15 is 0 Å². The van der Waals surface area contributed by atoms with Crippen molar-refractivity contribution in [1.29, 1.82) is 0 Å². The number of methoxy groups -OCH3 is 1. The summed E-state index contributed by atoms with van der Waals surface area (Å²) in [6, 6.07) is 19.4. The molecule has 0 aromatic heterocycles. The van der Waals surface area contributed by atoms with Gasteiger partial charge in [-0.1, -0.05) is 30.3 Å². The molecule has 0 unspecified atom stereocenters. The third-order valence-corrected chi connectivity index (χ3v) is 6.63. The lowest BCUT2D eigenvalue weighted by molar-refractivity contribution is -0.122. The number of amides is 1. The Morgan fingerprint density at radius 1 is 1.12 bits per heavy atom. The number of carbonyl (C=O) groups is 1. The summed E-state index contributed by atoms with van der Waals surface area (Å²) in [5.41, 5.74) is 2.41. The highest BCUT2D eigenvalue weighted by Crippen LogP contribution is 2.40. The van der Waals surface area contributed by atoms with Crippen LogP contribution in [0.25, 0.3) is 6.08 Å². The number of halogens is 2. The van der Waals surface area contributed by atoms with Crippen LogP contribution in [-0.2, 0) is 11.4 Å². The smallest absolute Gasteiger partial charge is 0.266 e. The lowest BCUT2D eigenvalue weighted by Gasteiger charge is -2.14. The number of likely N-dealkylation sites (N-methyl/N-ethyl adjacent to an activating group) is 1. The van der Waals surface area contributed by atoms with Crippen molar-refractivity contribution in [2.24, 2.45) is 4.99 Å². The molecule has 1 fully saturated rings. The molecule has 1 heterocycles. The average molecular weight is 541 g/mol. The fourth-order valence-corrected chi connectivity index (χ4v) is 4.98. The van der Waals surface area contributed by atoms with Crippen molar-refractivity contribution in [1.82, 2.24) is 4.90 Å². The van der Waals surface area contributed by atoms with Gasteiger partial charge < -0.3 is 9.47 Å². The molecular weight excluding hydrogens is 519 g/mol. The maximum Gasteiger partial charge on any atom is 0.266 e. The molecule has 34 heavy (non-hydrogen) atoms. The van der Waals surface area contributed by atoms with E-state index in [1.54, 1.807) is 30.2 Å². The van der Waals surface area contributed by atoms with Crippen molar-refractivity contribution in [3.8, 4) is 11.5 Å². The van der Waals surface area contributed by atoms with E-state index in [1.807, 2.05) is 49.4 Å². The number of ether oxygens (including phenoxy) is 2. The molecule has 5 nitrogen and oxygen atoms in total. The van der Waals surface area contributed by atoms with Gasteiger partial charge in [-0.05, 0) is 88.2 Å². The molecule has 3 aromatic carbocycles. The molecular formula is C26H22BrFN2O3S. The fourth-order valence-electron chi connectivity index (χ4n) is 3.34. The number of amidine groups is 1. The van der Waals surface area contributed by atoms with Crippen LogP contribution in [0.3, 0.4) is 0 Å². The highest BCUT2D eigenvalue weighted by Gasteiger charge is 2.32. The molecule has 0 atom stereocenters. The first-order valence-corrected chi connectivity index (χ1v) is 12.2. The summed E-state index contributed by atoms with van der Waals surface area (Å²) in [6.45, 7) is 2.77. The van der Waals surface area contributed by atoms with Crippen LogP contribution in [-0.4, -0.2) is 29.6 Å². The van der Waals surface area contributed by atoms with Gasteiger partial charge in [0.2, 0.25) is 0 Å². The molecule has 1 aliphatic rings. The molecule has 1 saturated heterocycles. The predicted molar refractivity (Wildman–Crippen MR) is 138 cm³/mol. The summed E-state index contributed by atoms with van der Waals surface area (Å²) < 4.78 is 25.5. The van der Waals surface area contributed by atoms with Gasteiger partial charge in [-0.3, -0.25) is 9.69 Å². The molecule has 1 amide bonds. The van der Waals surface area contributed by atoms with Gasteiger partial charge in [-0.2, -0.15) is 0 Å². The summed E-state index contributed by atoms with van der Waals surface area (Å²) >= 11 is 4.86. The first-order chi connectivity index (χ1) is 16.5. The van der Waals surface area contributed by atoms with Gasteiger partial charge in [0.15, 0.2) is 16.7 Å². The van der Waals surface area contributed by atoms with E-state index in [0.717, 1.165) is 15.6 Å². The zero-order valence-corrected chi connectivity index (χ0v) is 21.0. The van der Waals surface area contributed by atoms with Crippen molar-refractivity contribution in [2.75, 3.05) is 13.7 Å². The Balaban J connectivity index is 1.59. The Morgan fingerprint density at radius 3 is 2.53 bits per heavy atom.